The van der Waals surface area contributed by atoms with Crippen LogP contribution in [0.2, 0.25) is 0 Å². The number of ether oxygens (including phenoxy) is 2. The maximum absolute atomic E-state index is 13.2. The summed E-state index contributed by atoms with van der Waals surface area (Å²) in [6.07, 6.45) is 3.45. The molecule has 30 heavy (non-hydrogen) atoms. The van der Waals surface area contributed by atoms with Gasteiger partial charge < -0.3 is 19.3 Å². The molecule has 0 N–H and O–H groups in total. The molecule has 2 aromatic rings. The van der Waals surface area contributed by atoms with Crippen molar-refractivity contribution < 1.29 is 14.3 Å². The number of carbonyl (C=O) groups is 1. The molecule has 1 amide bonds. The predicted octanol–water partition coefficient (Wildman–Crippen LogP) is 2.73. The molecule has 3 saturated heterocycles. The summed E-state index contributed by atoms with van der Waals surface area (Å²) >= 11 is 0. The van der Waals surface area contributed by atoms with Crippen molar-refractivity contribution in [3.8, 4) is 11.3 Å². The van der Waals surface area contributed by atoms with Crippen LogP contribution in [0.1, 0.15) is 25.7 Å². The van der Waals surface area contributed by atoms with E-state index in [1.807, 2.05) is 47.4 Å². The third-order valence-electron chi connectivity index (χ3n) is 6.47. The van der Waals surface area contributed by atoms with Crippen molar-refractivity contribution in [2.24, 2.45) is 5.92 Å². The third-order valence-corrected chi connectivity index (χ3v) is 6.47. The van der Waals surface area contributed by atoms with Crippen molar-refractivity contribution in [1.29, 1.82) is 0 Å². The summed E-state index contributed by atoms with van der Waals surface area (Å²) in [4.78, 5) is 17.3. The molecule has 5 rings (SSSR count). The van der Waals surface area contributed by atoms with E-state index in [0.29, 0.717) is 32.8 Å². The van der Waals surface area contributed by atoms with Crippen LogP contribution in [0.5, 0.6) is 0 Å². The van der Waals surface area contributed by atoms with Crippen molar-refractivity contribution in [3.63, 3.8) is 0 Å². The molecule has 158 valence electrons. The molecule has 7 heteroatoms. The Morgan fingerprint density at radius 2 is 1.73 bits per heavy atom. The first-order valence-electron chi connectivity index (χ1n) is 10.9. The van der Waals surface area contributed by atoms with Gasteiger partial charge in [-0.1, -0.05) is 30.3 Å². The molecule has 3 fully saturated rings. The number of amides is 1. The summed E-state index contributed by atoms with van der Waals surface area (Å²) < 4.78 is 11.6. The Hall–Kier alpha value is -2.51. The summed E-state index contributed by atoms with van der Waals surface area (Å²) in [5.74, 6) is 0.665. The molecule has 1 atom stereocenters. The number of hydrogen-bond donors (Lipinski definition) is 0. The van der Waals surface area contributed by atoms with Gasteiger partial charge >= 0.3 is 0 Å². The second-order valence-electron chi connectivity index (χ2n) is 8.36. The summed E-state index contributed by atoms with van der Waals surface area (Å²) in [6, 6.07) is 14.1. The second-order valence-corrected chi connectivity index (χ2v) is 8.36. The van der Waals surface area contributed by atoms with E-state index in [0.717, 1.165) is 49.3 Å². The van der Waals surface area contributed by atoms with Crippen LogP contribution in [-0.2, 0) is 14.3 Å². The van der Waals surface area contributed by atoms with Gasteiger partial charge in [-0.2, -0.15) is 0 Å². The molecular weight excluding hydrogens is 380 g/mol. The topological polar surface area (TPSA) is 67.8 Å². The minimum Gasteiger partial charge on any atom is -0.354 e. The first-order valence-corrected chi connectivity index (χ1v) is 10.9. The average molecular weight is 409 g/mol. The van der Waals surface area contributed by atoms with Crippen LogP contribution in [0, 0.1) is 5.92 Å². The quantitative estimate of drug-likeness (QED) is 0.778. The molecule has 4 heterocycles. The van der Waals surface area contributed by atoms with Gasteiger partial charge in [0.15, 0.2) is 11.6 Å². The SMILES string of the molecule is O=C([C@@H]1CCCN(c2ccc(-c3ccccc3)nn2)C1)N1CCC2(CC1)OCCO2. The van der Waals surface area contributed by atoms with Gasteiger partial charge in [-0.3, -0.25) is 4.79 Å². The fraction of sp³-hybridized carbons (Fsp3) is 0.522. The van der Waals surface area contributed by atoms with Crippen molar-refractivity contribution >= 4 is 11.7 Å². The molecular formula is C23H28N4O3. The average Bonchev–Trinajstić information content (AvgIpc) is 3.28. The Balaban J connectivity index is 1.21. The van der Waals surface area contributed by atoms with Crippen LogP contribution >= 0.6 is 0 Å². The van der Waals surface area contributed by atoms with Crippen LogP contribution in [0.15, 0.2) is 42.5 Å². The monoisotopic (exact) mass is 408 g/mol. The lowest BCUT2D eigenvalue weighted by atomic mass is 9.94. The number of piperidine rings is 2. The summed E-state index contributed by atoms with van der Waals surface area (Å²) in [5, 5.41) is 8.86. The number of benzene rings is 1. The fourth-order valence-electron chi connectivity index (χ4n) is 4.76. The zero-order chi connectivity index (χ0) is 20.4. The number of likely N-dealkylation sites (tertiary alicyclic amines) is 1. The van der Waals surface area contributed by atoms with E-state index in [2.05, 4.69) is 15.1 Å². The van der Waals surface area contributed by atoms with Crippen molar-refractivity contribution in [2.45, 2.75) is 31.5 Å². The number of aromatic nitrogens is 2. The molecule has 0 bridgehead atoms. The Labute approximate surface area is 177 Å². The highest BCUT2D eigenvalue weighted by atomic mass is 16.7. The molecule has 1 aromatic carbocycles. The van der Waals surface area contributed by atoms with E-state index in [1.165, 1.54) is 0 Å². The minimum absolute atomic E-state index is 0.00816. The van der Waals surface area contributed by atoms with Gasteiger partial charge in [0.2, 0.25) is 5.91 Å². The van der Waals surface area contributed by atoms with Gasteiger partial charge in [-0.25, -0.2) is 0 Å². The lowest BCUT2D eigenvalue weighted by molar-refractivity contribution is -0.188. The normalized spacial score (nSPS) is 23.7. The lowest BCUT2D eigenvalue weighted by Gasteiger charge is -2.40. The van der Waals surface area contributed by atoms with Gasteiger partial charge in [0.25, 0.3) is 0 Å². The van der Waals surface area contributed by atoms with Crippen molar-refractivity contribution in [3.05, 3.63) is 42.5 Å². The predicted molar refractivity (Wildman–Crippen MR) is 113 cm³/mol. The number of anilines is 1. The van der Waals surface area contributed by atoms with Crippen LogP contribution in [0.25, 0.3) is 11.3 Å². The van der Waals surface area contributed by atoms with Gasteiger partial charge in [0.05, 0.1) is 24.8 Å². The highest BCUT2D eigenvalue weighted by Crippen LogP contribution is 2.32. The first kappa shape index (κ1) is 19.5. The highest BCUT2D eigenvalue weighted by Gasteiger charge is 2.42. The molecule has 0 unspecified atom stereocenters. The van der Waals surface area contributed by atoms with Crippen molar-refractivity contribution in [1.82, 2.24) is 15.1 Å². The van der Waals surface area contributed by atoms with Crippen LogP contribution in [-0.4, -0.2) is 66.2 Å². The van der Waals surface area contributed by atoms with Gasteiger partial charge in [-0.15, -0.1) is 10.2 Å². The molecule has 1 aromatic heterocycles. The number of hydrogen-bond acceptors (Lipinski definition) is 6. The van der Waals surface area contributed by atoms with E-state index in [4.69, 9.17) is 9.47 Å². The van der Waals surface area contributed by atoms with Gasteiger partial charge in [0, 0.05) is 44.6 Å². The van der Waals surface area contributed by atoms with E-state index >= 15 is 0 Å². The van der Waals surface area contributed by atoms with Crippen molar-refractivity contribution in [2.75, 3.05) is 44.3 Å². The largest absolute Gasteiger partial charge is 0.354 e. The van der Waals surface area contributed by atoms with Crippen LogP contribution in [0.3, 0.4) is 0 Å². The lowest BCUT2D eigenvalue weighted by Crippen LogP contribution is -2.51. The molecule has 0 aliphatic carbocycles. The Bertz CT molecular complexity index is 858. The maximum Gasteiger partial charge on any atom is 0.227 e. The first-order chi connectivity index (χ1) is 14.7. The van der Waals surface area contributed by atoms with E-state index in [9.17, 15) is 4.79 Å². The van der Waals surface area contributed by atoms with Gasteiger partial charge in [0.1, 0.15) is 0 Å². The standard InChI is InChI=1S/C23H28N4O3/c28-22(26-13-10-23(11-14-26)29-15-16-30-23)19-7-4-12-27(17-19)21-9-8-20(24-25-21)18-5-2-1-3-6-18/h1-3,5-6,8-9,19H,4,7,10-17H2/t19-/m1/s1. The number of carbonyl (C=O) groups excluding carboxylic acids is 1. The van der Waals surface area contributed by atoms with Gasteiger partial charge in [-0.05, 0) is 25.0 Å². The zero-order valence-corrected chi connectivity index (χ0v) is 17.2. The highest BCUT2D eigenvalue weighted by molar-refractivity contribution is 5.80. The Morgan fingerprint density at radius 3 is 2.43 bits per heavy atom. The minimum atomic E-state index is -0.439. The second kappa shape index (κ2) is 8.32. The zero-order valence-electron chi connectivity index (χ0n) is 17.2. The fourth-order valence-corrected chi connectivity index (χ4v) is 4.76. The molecule has 1 spiro atoms. The molecule has 3 aliphatic rings. The van der Waals surface area contributed by atoms with E-state index < -0.39 is 5.79 Å². The van der Waals surface area contributed by atoms with Crippen LogP contribution < -0.4 is 4.90 Å². The molecule has 3 aliphatic heterocycles. The summed E-state index contributed by atoms with van der Waals surface area (Å²) in [5.41, 5.74) is 1.92. The number of rotatable bonds is 3. The smallest absolute Gasteiger partial charge is 0.227 e. The maximum atomic E-state index is 13.2. The Kier molecular flexibility index (Phi) is 5.39. The summed E-state index contributed by atoms with van der Waals surface area (Å²) in [7, 11) is 0. The van der Waals surface area contributed by atoms with E-state index in [-0.39, 0.29) is 11.8 Å². The Morgan fingerprint density at radius 1 is 0.967 bits per heavy atom. The van der Waals surface area contributed by atoms with Crippen LogP contribution in [0.4, 0.5) is 5.82 Å². The summed E-state index contributed by atoms with van der Waals surface area (Å²) in [6.45, 7) is 4.36. The molecule has 0 saturated carbocycles. The molecule has 7 nitrogen and oxygen atoms in total. The third kappa shape index (κ3) is 3.91. The van der Waals surface area contributed by atoms with E-state index in [1.54, 1.807) is 0 Å². The molecule has 0 radical (unpaired) electrons. The number of nitrogens with zero attached hydrogens (tertiary/aromatic N) is 4.